The molecule has 282 valence electrons. The molecule has 4 nitrogen and oxygen atoms in total. The molecule has 8 rings (SSSR count). The van der Waals surface area contributed by atoms with Crippen LogP contribution in [0, 0.1) is 11.3 Å². The molecule has 0 unspecified atom stereocenters. The van der Waals surface area contributed by atoms with Crippen LogP contribution in [-0.4, -0.2) is 14.1 Å². The number of nitriles is 1. The van der Waals surface area contributed by atoms with Crippen LogP contribution in [0.4, 0.5) is 52.7 Å². The first-order chi connectivity index (χ1) is 26.3. The molecule has 0 aliphatic rings. The molecular weight excluding hydrogens is 764 g/mol. The summed E-state index contributed by atoms with van der Waals surface area (Å²) in [5, 5.41) is 8.71. The molecule has 0 saturated carbocycles. The van der Waals surface area contributed by atoms with Gasteiger partial charge in [0.05, 0.1) is 79.7 Å². The molecule has 8 aromatic rings. The van der Waals surface area contributed by atoms with E-state index in [9.17, 15) is 57.9 Å². The molecule has 16 heteroatoms. The first kappa shape index (κ1) is 36.5. The van der Waals surface area contributed by atoms with E-state index in [-0.39, 0.29) is 66.1 Å². The highest BCUT2D eigenvalue weighted by atomic mass is 19.4. The summed E-state index contributed by atoms with van der Waals surface area (Å²) in [7, 11) is 0. The topological polar surface area (TPSA) is 46.5 Å². The lowest BCUT2D eigenvalue weighted by atomic mass is 10.0. The van der Waals surface area contributed by atoms with Crippen LogP contribution < -0.4 is 0 Å². The maximum Gasteiger partial charge on any atom is 0.416 e. The summed E-state index contributed by atoms with van der Waals surface area (Å²) in [5.41, 5.74) is -3.64. The van der Waals surface area contributed by atoms with Gasteiger partial charge in [-0.25, -0.2) is 0 Å². The minimum absolute atomic E-state index is 0.0213. The average Bonchev–Trinajstić information content (AvgIpc) is 3.64. The number of hydrogen-bond acceptors (Lipinski definition) is 2. The van der Waals surface area contributed by atoms with Crippen molar-refractivity contribution in [2.75, 3.05) is 0 Å². The van der Waals surface area contributed by atoms with Gasteiger partial charge in [0.25, 0.3) is 0 Å². The Kier molecular flexibility index (Phi) is 7.98. The Balaban J connectivity index is 1.53. The smallest absolute Gasteiger partial charge is 0.307 e. The summed E-state index contributed by atoms with van der Waals surface area (Å²) < 4.78 is 170. The minimum atomic E-state index is -4.87. The number of rotatable bonds is 3. The lowest BCUT2D eigenvalue weighted by molar-refractivity contribution is -0.138. The zero-order valence-corrected chi connectivity index (χ0v) is 27.7. The zero-order valence-electron chi connectivity index (χ0n) is 27.7. The lowest BCUT2D eigenvalue weighted by Gasteiger charge is -2.20. The number of pyridine rings is 1. The van der Waals surface area contributed by atoms with Crippen LogP contribution in [0.5, 0.6) is 0 Å². The predicted molar refractivity (Wildman–Crippen MR) is 183 cm³/mol. The van der Waals surface area contributed by atoms with E-state index in [0.29, 0.717) is 5.56 Å². The van der Waals surface area contributed by atoms with Crippen molar-refractivity contribution >= 4 is 43.6 Å². The molecule has 0 N–H and O–H groups in total. The van der Waals surface area contributed by atoms with Gasteiger partial charge in [0.2, 0.25) is 0 Å². The van der Waals surface area contributed by atoms with Gasteiger partial charge in [0.1, 0.15) is 0 Å². The number of alkyl halides is 12. The van der Waals surface area contributed by atoms with E-state index in [2.05, 4.69) is 4.98 Å². The molecule has 5 aromatic carbocycles. The van der Waals surface area contributed by atoms with Crippen molar-refractivity contribution in [3.8, 4) is 28.6 Å². The van der Waals surface area contributed by atoms with Crippen molar-refractivity contribution in [1.82, 2.24) is 14.1 Å². The van der Waals surface area contributed by atoms with Gasteiger partial charge in [-0.1, -0.05) is 12.1 Å². The molecule has 0 radical (unpaired) electrons. The first-order valence-corrected chi connectivity index (χ1v) is 16.2. The highest BCUT2D eigenvalue weighted by Gasteiger charge is 2.36. The zero-order chi connectivity index (χ0) is 40.1. The summed E-state index contributed by atoms with van der Waals surface area (Å²) in [5.74, 6) is 0. The van der Waals surface area contributed by atoms with Crippen molar-refractivity contribution < 1.29 is 52.7 Å². The quantitative estimate of drug-likeness (QED) is 0.168. The summed E-state index contributed by atoms with van der Waals surface area (Å²) >= 11 is 0. The van der Waals surface area contributed by atoms with Gasteiger partial charge in [0, 0.05) is 27.1 Å². The monoisotopic (exact) mass is 782 g/mol. The lowest BCUT2D eigenvalue weighted by Crippen LogP contribution is -2.07. The Morgan fingerprint density at radius 2 is 0.732 bits per heavy atom. The molecule has 0 fully saturated rings. The standard InChI is InChI=1S/C40H18F12N4/c41-37(42,43)22-5-9-30-26(13-22)27-14-23(38(44,45)46)6-10-31(27)55(30)34-18-54-19-35(36(34)21-3-1-20(17-53)2-4-21)56-32-11-7-24(39(47,48)49)15-28(32)29-16-25(40(50,51)52)8-12-33(29)56/h1-16,18-19H. The Morgan fingerprint density at radius 1 is 0.429 bits per heavy atom. The number of nitrogens with zero attached hydrogens (tertiary/aromatic N) is 4. The maximum absolute atomic E-state index is 14.0. The SMILES string of the molecule is N#Cc1ccc(-c2c(-n3c4ccc(C(F)(F)F)cc4c4cc(C(F)(F)F)ccc43)cncc2-n2c3ccc(C(F)(F)F)cc3c3cc(C(F)(F)F)ccc32)cc1. The second-order valence-corrected chi connectivity index (χ2v) is 12.8. The summed E-state index contributed by atoms with van der Waals surface area (Å²) in [4.78, 5) is 4.36. The largest absolute Gasteiger partial charge is 0.416 e. The molecule has 0 bridgehead atoms. The van der Waals surface area contributed by atoms with Crippen molar-refractivity contribution in [3.05, 3.63) is 137 Å². The molecule has 0 aliphatic carbocycles. The van der Waals surface area contributed by atoms with Crippen LogP contribution in [0.15, 0.2) is 109 Å². The predicted octanol–water partition coefficient (Wildman–Crippen LogP) is 12.9. The first-order valence-electron chi connectivity index (χ1n) is 16.2. The minimum Gasteiger partial charge on any atom is -0.307 e. The molecule has 56 heavy (non-hydrogen) atoms. The Hall–Kier alpha value is -6.50. The van der Waals surface area contributed by atoms with Crippen molar-refractivity contribution in [1.29, 1.82) is 5.26 Å². The van der Waals surface area contributed by atoms with Crippen LogP contribution in [0.3, 0.4) is 0 Å². The van der Waals surface area contributed by atoms with E-state index >= 15 is 0 Å². The molecule has 3 heterocycles. The van der Waals surface area contributed by atoms with E-state index in [1.54, 1.807) is 0 Å². The van der Waals surface area contributed by atoms with Gasteiger partial charge < -0.3 is 9.13 Å². The van der Waals surface area contributed by atoms with Crippen LogP contribution in [0.1, 0.15) is 27.8 Å². The maximum atomic E-state index is 14.0. The summed E-state index contributed by atoms with van der Waals surface area (Å²) in [6.45, 7) is 0. The molecule has 0 amide bonds. The number of hydrogen-bond donors (Lipinski definition) is 0. The van der Waals surface area contributed by atoms with Gasteiger partial charge in [-0.05, 0) is 90.5 Å². The molecule has 0 spiro atoms. The van der Waals surface area contributed by atoms with Gasteiger partial charge >= 0.3 is 24.7 Å². The van der Waals surface area contributed by atoms with Crippen LogP contribution in [-0.2, 0) is 24.7 Å². The van der Waals surface area contributed by atoms with E-state index in [0.717, 1.165) is 72.8 Å². The van der Waals surface area contributed by atoms with Crippen molar-refractivity contribution in [2.45, 2.75) is 24.7 Å². The van der Waals surface area contributed by atoms with Crippen LogP contribution in [0.2, 0.25) is 0 Å². The molecule has 3 aromatic heterocycles. The number of fused-ring (bicyclic) bond motifs is 6. The summed E-state index contributed by atoms with van der Waals surface area (Å²) in [6.07, 6.45) is -16.9. The molecule has 0 saturated heterocycles. The van der Waals surface area contributed by atoms with Gasteiger partial charge in [-0.2, -0.15) is 57.9 Å². The van der Waals surface area contributed by atoms with E-state index in [4.69, 9.17) is 0 Å². The number of benzene rings is 5. The fourth-order valence-corrected chi connectivity index (χ4v) is 7.06. The molecule has 0 aliphatic heterocycles. The van der Waals surface area contributed by atoms with Gasteiger partial charge in [0.15, 0.2) is 0 Å². The van der Waals surface area contributed by atoms with Crippen LogP contribution >= 0.6 is 0 Å². The van der Waals surface area contributed by atoms with Gasteiger partial charge in [-0.3, -0.25) is 4.98 Å². The van der Waals surface area contributed by atoms with E-state index in [1.165, 1.54) is 45.8 Å². The Morgan fingerprint density at radius 3 is 1.00 bits per heavy atom. The fourth-order valence-electron chi connectivity index (χ4n) is 7.06. The third kappa shape index (κ3) is 5.94. The van der Waals surface area contributed by atoms with Crippen molar-refractivity contribution in [2.24, 2.45) is 0 Å². The number of halogens is 12. The van der Waals surface area contributed by atoms with E-state index < -0.39 is 47.0 Å². The normalized spacial score (nSPS) is 13.0. The van der Waals surface area contributed by atoms with Gasteiger partial charge in [-0.15, -0.1) is 0 Å². The van der Waals surface area contributed by atoms with Crippen LogP contribution in [0.25, 0.3) is 66.1 Å². The second-order valence-electron chi connectivity index (χ2n) is 12.8. The third-order valence-electron chi connectivity index (χ3n) is 9.53. The second kappa shape index (κ2) is 12.3. The molecular formula is C40H18F12N4. The van der Waals surface area contributed by atoms with E-state index in [1.807, 2.05) is 6.07 Å². The fraction of sp³-hybridized carbons (Fsp3) is 0.100. The van der Waals surface area contributed by atoms with Crippen molar-refractivity contribution in [3.63, 3.8) is 0 Å². The Bertz CT molecular complexity index is 2610. The highest BCUT2D eigenvalue weighted by molar-refractivity contribution is 6.12. The summed E-state index contributed by atoms with van der Waals surface area (Å²) in [6, 6.07) is 18.0. The highest BCUT2D eigenvalue weighted by Crippen LogP contribution is 2.45. The third-order valence-corrected chi connectivity index (χ3v) is 9.53. The Labute approximate surface area is 306 Å². The number of aromatic nitrogens is 3. The average molecular weight is 783 g/mol. The molecule has 0 atom stereocenters.